The van der Waals surface area contributed by atoms with Gasteiger partial charge in [-0.05, 0) is 39.3 Å². The van der Waals surface area contributed by atoms with Crippen molar-refractivity contribution in [1.82, 2.24) is 10.6 Å². The fourth-order valence-electron chi connectivity index (χ4n) is 1.46. The van der Waals surface area contributed by atoms with Crippen LogP contribution in [0.15, 0.2) is 0 Å². The lowest BCUT2D eigenvalue weighted by Gasteiger charge is -2.05. The van der Waals surface area contributed by atoms with E-state index in [1.807, 2.05) is 0 Å². The van der Waals surface area contributed by atoms with Gasteiger partial charge in [-0.3, -0.25) is 9.59 Å². The lowest BCUT2D eigenvalue weighted by Crippen LogP contribution is -2.26. The van der Waals surface area contributed by atoms with Crippen LogP contribution in [0, 0.1) is 0 Å². The maximum atomic E-state index is 11.3. The molecule has 0 aliphatic carbocycles. The summed E-state index contributed by atoms with van der Waals surface area (Å²) in [7, 11) is 1.71. The molecule has 1 amide bonds. The van der Waals surface area contributed by atoms with Crippen LogP contribution in [0.2, 0.25) is 0 Å². The predicted octanol–water partition coefficient (Wildman–Crippen LogP) is 0.878. The van der Waals surface area contributed by atoms with Crippen molar-refractivity contribution in [3.05, 3.63) is 0 Å². The summed E-state index contributed by atoms with van der Waals surface area (Å²) in [6.45, 7) is 4.61. The van der Waals surface area contributed by atoms with E-state index >= 15 is 0 Å². The van der Waals surface area contributed by atoms with E-state index in [4.69, 9.17) is 4.74 Å². The maximum absolute atomic E-state index is 11.3. The maximum Gasteiger partial charge on any atom is 0.220 e. The van der Waals surface area contributed by atoms with Crippen LogP contribution in [0.5, 0.6) is 0 Å². The fourth-order valence-corrected chi connectivity index (χ4v) is 1.46. The monoisotopic (exact) mass is 258 g/mol. The molecule has 18 heavy (non-hydrogen) atoms. The Balaban J connectivity index is 3.17. The van der Waals surface area contributed by atoms with E-state index in [1.54, 1.807) is 7.11 Å². The Labute approximate surface area is 110 Å². The Hall–Kier alpha value is -0.940. The van der Waals surface area contributed by atoms with Gasteiger partial charge in [0.15, 0.2) is 0 Å². The molecule has 106 valence electrons. The highest BCUT2D eigenvalue weighted by Crippen LogP contribution is 1.90. The molecule has 0 unspecified atom stereocenters. The van der Waals surface area contributed by atoms with E-state index in [-0.39, 0.29) is 11.7 Å². The summed E-state index contributed by atoms with van der Waals surface area (Å²) >= 11 is 0. The molecule has 0 bridgehead atoms. The predicted molar refractivity (Wildman–Crippen MR) is 71.5 cm³/mol. The second kappa shape index (κ2) is 12.5. The SMILES string of the molecule is COCCCCNCCCC(=O)NCCC(C)=O. The molecule has 0 aromatic carbocycles. The van der Waals surface area contributed by atoms with Crippen molar-refractivity contribution in [3.63, 3.8) is 0 Å². The van der Waals surface area contributed by atoms with Crippen molar-refractivity contribution in [2.75, 3.05) is 33.4 Å². The van der Waals surface area contributed by atoms with E-state index in [0.717, 1.165) is 39.0 Å². The molecule has 5 heteroatoms. The standard InChI is InChI=1S/C13H26N2O3/c1-12(16)7-10-15-13(17)6-5-9-14-8-3-4-11-18-2/h14H,3-11H2,1-2H3,(H,15,17). The summed E-state index contributed by atoms with van der Waals surface area (Å²) < 4.78 is 4.95. The molecule has 0 spiro atoms. The van der Waals surface area contributed by atoms with Gasteiger partial charge < -0.3 is 15.4 Å². The highest BCUT2D eigenvalue weighted by molar-refractivity contribution is 5.78. The zero-order valence-electron chi connectivity index (χ0n) is 11.6. The Bertz CT molecular complexity index is 232. The summed E-state index contributed by atoms with van der Waals surface area (Å²) in [5, 5.41) is 6.01. The fraction of sp³-hybridized carbons (Fsp3) is 0.846. The van der Waals surface area contributed by atoms with Crippen LogP contribution < -0.4 is 10.6 Å². The lowest BCUT2D eigenvalue weighted by molar-refractivity contribution is -0.121. The number of Topliss-reactive ketones (excluding diaryl/α,β-unsaturated/α-hetero) is 1. The molecule has 0 rings (SSSR count). The van der Waals surface area contributed by atoms with Crippen molar-refractivity contribution in [3.8, 4) is 0 Å². The first-order chi connectivity index (χ1) is 8.66. The van der Waals surface area contributed by atoms with E-state index in [0.29, 0.717) is 19.4 Å². The lowest BCUT2D eigenvalue weighted by atomic mass is 10.2. The van der Waals surface area contributed by atoms with Crippen LogP contribution in [-0.2, 0) is 14.3 Å². The molecule has 0 radical (unpaired) electrons. The van der Waals surface area contributed by atoms with Crippen LogP contribution >= 0.6 is 0 Å². The topological polar surface area (TPSA) is 67.4 Å². The first-order valence-electron chi connectivity index (χ1n) is 6.62. The van der Waals surface area contributed by atoms with Crippen molar-refractivity contribution >= 4 is 11.7 Å². The number of carbonyl (C=O) groups excluding carboxylic acids is 2. The minimum atomic E-state index is 0.0254. The number of rotatable bonds is 12. The zero-order chi connectivity index (χ0) is 13.6. The third kappa shape index (κ3) is 13.1. The highest BCUT2D eigenvalue weighted by Gasteiger charge is 2.00. The normalized spacial score (nSPS) is 10.3. The first kappa shape index (κ1) is 17.1. The average molecular weight is 258 g/mol. The molecule has 5 nitrogen and oxygen atoms in total. The van der Waals surface area contributed by atoms with Gasteiger partial charge in [0, 0.05) is 33.1 Å². The molecular formula is C13H26N2O3. The van der Waals surface area contributed by atoms with Crippen LogP contribution in [-0.4, -0.2) is 45.0 Å². The van der Waals surface area contributed by atoms with Crippen molar-refractivity contribution < 1.29 is 14.3 Å². The summed E-state index contributed by atoms with van der Waals surface area (Å²) in [6.07, 6.45) is 3.93. The molecule has 0 atom stereocenters. The number of carbonyl (C=O) groups is 2. The number of ether oxygens (including phenoxy) is 1. The van der Waals surface area contributed by atoms with Crippen LogP contribution in [0.25, 0.3) is 0 Å². The van der Waals surface area contributed by atoms with Crippen LogP contribution in [0.3, 0.4) is 0 Å². The average Bonchev–Trinajstić information content (AvgIpc) is 2.32. The molecular weight excluding hydrogens is 232 g/mol. The Morgan fingerprint density at radius 1 is 1.00 bits per heavy atom. The van der Waals surface area contributed by atoms with Gasteiger partial charge in [0.2, 0.25) is 5.91 Å². The molecule has 0 aromatic rings. The zero-order valence-corrected chi connectivity index (χ0v) is 11.6. The second-order valence-corrected chi connectivity index (χ2v) is 4.36. The Morgan fingerprint density at radius 2 is 1.72 bits per heavy atom. The van der Waals surface area contributed by atoms with E-state index in [1.165, 1.54) is 6.92 Å². The van der Waals surface area contributed by atoms with Gasteiger partial charge in [0.1, 0.15) is 5.78 Å². The molecule has 0 aliphatic rings. The van der Waals surface area contributed by atoms with Crippen molar-refractivity contribution in [1.29, 1.82) is 0 Å². The second-order valence-electron chi connectivity index (χ2n) is 4.36. The van der Waals surface area contributed by atoms with Gasteiger partial charge in [-0.25, -0.2) is 0 Å². The van der Waals surface area contributed by atoms with Gasteiger partial charge in [-0.2, -0.15) is 0 Å². The van der Waals surface area contributed by atoms with Gasteiger partial charge in [0.25, 0.3) is 0 Å². The quantitative estimate of drug-likeness (QED) is 0.510. The van der Waals surface area contributed by atoms with Crippen LogP contribution in [0.4, 0.5) is 0 Å². The highest BCUT2D eigenvalue weighted by atomic mass is 16.5. The molecule has 0 saturated carbocycles. The number of hydrogen-bond donors (Lipinski definition) is 2. The molecule has 0 saturated heterocycles. The number of unbranched alkanes of at least 4 members (excludes halogenated alkanes) is 1. The number of methoxy groups -OCH3 is 1. The molecule has 0 aromatic heterocycles. The summed E-state index contributed by atoms with van der Waals surface area (Å²) in [4.78, 5) is 22.0. The Morgan fingerprint density at radius 3 is 2.39 bits per heavy atom. The van der Waals surface area contributed by atoms with Crippen LogP contribution in [0.1, 0.15) is 39.0 Å². The van der Waals surface area contributed by atoms with E-state index in [9.17, 15) is 9.59 Å². The summed E-state index contributed by atoms with van der Waals surface area (Å²) in [5.41, 5.74) is 0. The third-order valence-electron chi connectivity index (χ3n) is 2.51. The van der Waals surface area contributed by atoms with E-state index in [2.05, 4.69) is 10.6 Å². The third-order valence-corrected chi connectivity index (χ3v) is 2.51. The molecule has 0 heterocycles. The van der Waals surface area contributed by atoms with Gasteiger partial charge >= 0.3 is 0 Å². The number of amides is 1. The van der Waals surface area contributed by atoms with Crippen molar-refractivity contribution in [2.45, 2.75) is 39.0 Å². The van der Waals surface area contributed by atoms with Gasteiger partial charge in [-0.1, -0.05) is 0 Å². The van der Waals surface area contributed by atoms with Crippen molar-refractivity contribution in [2.24, 2.45) is 0 Å². The summed E-state index contributed by atoms with van der Waals surface area (Å²) in [5.74, 6) is 0.130. The minimum Gasteiger partial charge on any atom is -0.385 e. The molecule has 0 fully saturated rings. The summed E-state index contributed by atoms with van der Waals surface area (Å²) in [6, 6.07) is 0. The number of nitrogens with one attached hydrogen (secondary N) is 2. The largest absolute Gasteiger partial charge is 0.385 e. The molecule has 2 N–H and O–H groups in total. The Kier molecular flexibility index (Phi) is 11.9. The first-order valence-corrected chi connectivity index (χ1v) is 6.62. The smallest absolute Gasteiger partial charge is 0.220 e. The van der Waals surface area contributed by atoms with Gasteiger partial charge in [0.05, 0.1) is 0 Å². The van der Waals surface area contributed by atoms with E-state index < -0.39 is 0 Å². The number of hydrogen-bond acceptors (Lipinski definition) is 4. The number of ketones is 1. The minimum absolute atomic E-state index is 0.0254. The molecule has 0 aliphatic heterocycles. The van der Waals surface area contributed by atoms with Gasteiger partial charge in [-0.15, -0.1) is 0 Å².